The summed E-state index contributed by atoms with van der Waals surface area (Å²) in [6.07, 6.45) is -3.15. The number of benzene rings is 1. The number of rotatable bonds is 5. The van der Waals surface area contributed by atoms with Crippen LogP contribution in [0, 0.1) is 6.92 Å². The fourth-order valence-electron chi connectivity index (χ4n) is 3.65. The number of hydrogen-bond acceptors (Lipinski definition) is 8. The molecule has 0 atom stereocenters. The largest absolute Gasteiger partial charge is 0.573 e. The topological polar surface area (TPSA) is 80.0 Å². The van der Waals surface area contributed by atoms with Crippen molar-refractivity contribution >= 4 is 33.1 Å². The number of likely N-dealkylation sites (N-methyl/N-ethyl adjacent to an activating group) is 1. The molecule has 178 valence electrons. The minimum absolute atomic E-state index is 0.0708. The molecule has 1 saturated heterocycles. The van der Waals surface area contributed by atoms with Crippen LogP contribution in [0.4, 0.5) is 19.0 Å². The molecule has 0 aliphatic carbocycles. The molecule has 13 heteroatoms. The van der Waals surface area contributed by atoms with E-state index >= 15 is 0 Å². The van der Waals surface area contributed by atoms with Crippen LogP contribution in [-0.2, 0) is 9.84 Å². The molecular formula is C20H22F3N5O3S2. The van der Waals surface area contributed by atoms with Gasteiger partial charge in [0.1, 0.15) is 16.6 Å². The second-order valence-corrected chi connectivity index (χ2v) is 10.3. The van der Waals surface area contributed by atoms with Crippen molar-refractivity contribution in [3.8, 4) is 5.75 Å². The van der Waals surface area contributed by atoms with E-state index in [4.69, 9.17) is 0 Å². The number of halogens is 3. The first kappa shape index (κ1) is 23.6. The SMILES string of the molecule is CSc1nn2c(N3CCN(C)CC3)cc(C)nc2c1S(=O)(=O)c1ccc(OC(F)(F)F)cc1. The lowest BCUT2D eigenvalue weighted by Gasteiger charge is -2.34. The molecular weight excluding hydrogens is 479 g/mol. The number of hydrogen-bond donors (Lipinski definition) is 0. The third-order valence-corrected chi connectivity index (χ3v) is 7.89. The van der Waals surface area contributed by atoms with Crippen molar-refractivity contribution < 1.29 is 26.3 Å². The molecule has 8 nitrogen and oxygen atoms in total. The lowest BCUT2D eigenvalue weighted by atomic mass is 10.3. The number of anilines is 1. The molecule has 1 aliphatic heterocycles. The molecule has 0 unspecified atom stereocenters. The molecule has 33 heavy (non-hydrogen) atoms. The van der Waals surface area contributed by atoms with Crippen molar-refractivity contribution in [3.05, 3.63) is 36.0 Å². The monoisotopic (exact) mass is 501 g/mol. The van der Waals surface area contributed by atoms with Crippen LogP contribution in [0.1, 0.15) is 5.69 Å². The molecule has 0 N–H and O–H groups in total. The minimum Gasteiger partial charge on any atom is -0.406 e. The summed E-state index contributed by atoms with van der Waals surface area (Å²) in [4.78, 5) is 8.57. The summed E-state index contributed by atoms with van der Waals surface area (Å²) in [5, 5.41) is 4.80. The summed E-state index contributed by atoms with van der Waals surface area (Å²) in [5.41, 5.74) is 0.818. The van der Waals surface area contributed by atoms with E-state index in [-0.39, 0.29) is 20.5 Å². The van der Waals surface area contributed by atoms with Gasteiger partial charge in [-0.25, -0.2) is 13.4 Å². The summed E-state index contributed by atoms with van der Waals surface area (Å²) in [6.45, 7) is 5.01. The Labute approximate surface area is 193 Å². The molecule has 0 bridgehead atoms. The number of aromatic nitrogens is 3. The van der Waals surface area contributed by atoms with Gasteiger partial charge in [0, 0.05) is 37.9 Å². The predicted octanol–water partition coefficient (Wildman–Crippen LogP) is 3.24. The Balaban J connectivity index is 1.81. The molecule has 0 saturated carbocycles. The summed E-state index contributed by atoms with van der Waals surface area (Å²) < 4.78 is 69.8. The van der Waals surface area contributed by atoms with Gasteiger partial charge in [0.2, 0.25) is 9.84 Å². The van der Waals surface area contributed by atoms with Crippen LogP contribution in [0.15, 0.2) is 45.1 Å². The van der Waals surface area contributed by atoms with E-state index < -0.39 is 21.9 Å². The fraction of sp³-hybridized carbons (Fsp3) is 0.400. The third-order valence-electron chi connectivity index (χ3n) is 5.28. The molecule has 1 fully saturated rings. The van der Waals surface area contributed by atoms with Crippen LogP contribution in [0.3, 0.4) is 0 Å². The van der Waals surface area contributed by atoms with Gasteiger partial charge in [-0.15, -0.1) is 24.9 Å². The molecule has 3 heterocycles. The molecule has 1 aromatic carbocycles. The standard InChI is InChI=1S/C20H22F3N5O3S2/c1-13-12-16(27-10-8-26(2)9-11-27)28-18(24-13)17(19(25-28)32-3)33(29,30)15-6-4-14(5-7-15)31-20(21,22)23/h4-7,12H,8-11H2,1-3H3. The zero-order valence-electron chi connectivity index (χ0n) is 18.1. The number of ether oxygens (including phenoxy) is 1. The smallest absolute Gasteiger partial charge is 0.406 e. The summed E-state index contributed by atoms with van der Waals surface area (Å²) >= 11 is 1.16. The zero-order chi connectivity index (χ0) is 24.0. The van der Waals surface area contributed by atoms with Gasteiger partial charge in [0.15, 0.2) is 10.5 Å². The van der Waals surface area contributed by atoms with Crippen molar-refractivity contribution in [2.75, 3.05) is 44.4 Å². The zero-order valence-corrected chi connectivity index (χ0v) is 19.8. The second-order valence-electron chi connectivity index (χ2n) is 7.64. The lowest BCUT2D eigenvalue weighted by Crippen LogP contribution is -2.45. The number of nitrogens with zero attached hydrogens (tertiary/aromatic N) is 5. The van der Waals surface area contributed by atoms with Gasteiger partial charge in [-0.05, 0) is 44.5 Å². The highest BCUT2D eigenvalue weighted by atomic mass is 32.2. The van der Waals surface area contributed by atoms with Gasteiger partial charge in [-0.1, -0.05) is 0 Å². The Morgan fingerprint density at radius 2 is 1.73 bits per heavy atom. The minimum atomic E-state index is -4.87. The Morgan fingerprint density at radius 3 is 2.30 bits per heavy atom. The van der Waals surface area contributed by atoms with Crippen LogP contribution < -0.4 is 9.64 Å². The van der Waals surface area contributed by atoms with E-state index in [9.17, 15) is 21.6 Å². The van der Waals surface area contributed by atoms with Crippen LogP contribution in [0.25, 0.3) is 5.65 Å². The highest BCUT2D eigenvalue weighted by molar-refractivity contribution is 7.99. The van der Waals surface area contributed by atoms with E-state index in [2.05, 4.69) is 24.6 Å². The van der Waals surface area contributed by atoms with E-state index in [1.807, 2.05) is 13.1 Å². The van der Waals surface area contributed by atoms with E-state index in [1.165, 1.54) is 4.52 Å². The van der Waals surface area contributed by atoms with Crippen LogP contribution in [0.2, 0.25) is 0 Å². The quantitative estimate of drug-likeness (QED) is 0.493. The molecule has 3 aromatic rings. The fourth-order valence-corrected chi connectivity index (χ4v) is 6.04. The summed E-state index contributed by atoms with van der Waals surface area (Å²) in [6, 6.07) is 5.98. The lowest BCUT2D eigenvalue weighted by molar-refractivity contribution is -0.274. The highest BCUT2D eigenvalue weighted by Gasteiger charge is 2.33. The summed E-state index contributed by atoms with van der Waals surface area (Å²) in [7, 11) is -2.09. The van der Waals surface area contributed by atoms with E-state index in [1.54, 1.807) is 13.2 Å². The highest BCUT2D eigenvalue weighted by Crippen LogP contribution is 2.35. The van der Waals surface area contributed by atoms with Gasteiger partial charge in [-0.3, -0.25) is 0 Å². The third kappa shape index (κ3) is 4.75. The Hall–Kier alpha value is -2.51. The first-order valence-electron chi connectivity index (χ1n) is 9.98. The first-order chi connectivity index (χ1) is 15.5. The maximum Gasteiger partial charge on any atom is 0.573 e. The molecule has 1 aliphatic rings. The Kier molecular flexibility index (Phi) is 6.22. The average Bonchev–Trinajstić information content (AvgIpc) is 3.12. The number of sulfone groups is 1. The predicted molar refractivity (Wildman–Crippen MR) is 118 cm³/mol. The molecule has 0 amide bonds. The van der Waals surface area contributed by atoms with Crippen molar-refractivity contribution in [3.63, 3.8) is 0 Å². The van der Waals surface area contributed by atoms with Gasteiger partial charge in [0.25, 0.3) is 0 Å². The molecule has 4 rings (SSSR count). The molecule has 0 spiro atoms. The first-order valence-corrected chi connectivity index (χ1v) is 12.7. The van der Waals surface area contributed by atoms with E-state index in [0.717, 1.165) is 68.0 Å². The van der Waals surface area contributed by atoms with Crippen LogP contribution in [-0.4, -0.2) is 73.8 Å². The maximum absolute atomic E-state index is 13.5. The molecule has 2 aromatic heterocycles. The van der Waals surface area contributed by atoms with Crippen molar-refractivity contribution in [1.82, 2.24) is 19.5 Å². The number of fused-ring (bicyclic) bond motifs is 1. The van der Waals surface area contributed by atoms with Gasteiger partial charge in [0.05, 0.1) is 4.90 Å². The van der Waals surface area contributed by atoms with Gasteiger partial charge >= 0.3 is 6.36 Å². The van der Waals surface area contributed by atoms with Crippen molar-refractivity contribution in [1.29, 1.82) is 0 Å². The Bertz CT molecular complexity index is 1270. The van der Waals surface area contributed by atoms with Crippen molar-refractivity contribution in [2.45, 2.75) is 28.1 Å². The second kappa shape index (κ2) is 8.69. The Morgan fingerprint density at radius 1 is 1.09 bits per heavy atom. The number of alkyl halides is 3. The van der Waals surface area contributed by atoms with Crippen molar-refractivity contribution in [2.24, 2.45) is 0 Å². The van der Waals surface area contributed by atoms with Crippen LogP contribution in [0.5, 0.6) is 5.75 Å². The van der Waals surface area contributed by atoms with E-state index in [0.29, 0.717) is 5.69 Å². The number of aryl methyl sites for hydroxylation is 1. The number of thioether (sulfide) groups is 1. The van der Waals surface area contributed by atoms with Crippen LogP contribution >= 0.6 is 11.8 Å². The van der Waals surface area contributed by atoms with Gasteiger partial charge < -0.3 is 14.5 Å². The molecule has 0 radical (unpaired) electrons. The summed E-state index contributed by atoms with van der Waals surface area (Å²) in [5.74, 6) is 0.244. The average molecular weight is 502 g/mol. The van der Waals surface area contributed by atoms with Gasteiger partial charge in [-0.2, -0.15) is 9.61 Å². The normalized spacial score (nSPS) is 15.9. The maximum atomic E-state index is 13.5. The number of piperazine rings is 1.